The Labute approximate surface area is 127 Å². The number of nitrogens with one attached hydrogen (secondary N) is 1. The molecule has 0 atom stereocenters. The molecule has 0 aromatic carbocycles. The summed E-state index contributed by atoms with van der Waals surface area (Å²) < 4.78 is 4.82. The second-order valence-corrected chi connectivity index (χ2v) is 4.89. The Morgan fingerprint density at radius 3 is 2.62 bits per heavy atom. The molecule has 0 saturated heterocycles. The van der Waals surface area contributed by atoms with Gasteiger partial charge >= 0.3 is 5.97 Å². The summed E-state index contributed by atoms with van der Waals surface area (Å²) in [7, 11) is 0. The second kappa shape index (κ2) is 8.35. The highest BCUT2D eigenvalue weighted by molar-refractivity contribution is 7.11. The van der Waals surface area contributed by atoms with E-state index in [4.69, 9.17) is 4.74 Å². The lowest BCUT2D eigenvalue weighted by molar-refractivity contribution is -0.121. The van der Waals surface area contributed by atoms with E-state index in [0.717, 1.165) is 11.3 Å². The number of thiazole rings is 1. The number of carbonyl (C=O) groups is 3. The molecule has 1 aromatic heterocycles. The molecule has 0 radical (unpaired) electrons. The van der Waals surface area contributed by atoms with Crippen LogP contribution in [0.25, 0.3) is 0 Å². The Bertz CT molecular complexity index is 515. The number of hydrogen-bond donors (Lipinski definition) is 1. The Balaban J connectivity index is 2.76. The number of amides is 2. The summed E-state index contributed by atoms with van der Waals surface area (Å²) in [6.45, 7) is 6.38. The molecule has 0 fully saturated rings. The van der Waals surface area contributed by atoms with Crippen LogP contribution in [0.3, 0.4) is 0 Å². The lowest BCUT2D eigenvalue weighted by Crippen LogP contribution is -2.40. The molecule has 1 heterocycles. The molecule has 0 saturated carbocycles. The zero-order chi connectivity index (χ0) is 15.8. The standard InChI is InChI=1S/C13H19N3O4S/c1-4-14-10(17)7-16(5-2)12(18)9-8-21-11(15-9)13(19)20-6-3/h8H,4-7H2,1-3H3,(H,14,17). The number of aromatic nitrogens is 1. The molecule has 0 aliphatic rings. The van der Waals surface area contributed by atoms with Crippen molar-refractivity contribution < 1.29 is 19.1 Å². The smallest absolute Gasteiger partial charge is 0.367 e. The highest BCUT2D eigenvalue weighted by Crippen LogP contribution is 2.13. The van der Waals surface area contributed by atoms with Gasteiger partial charge in [-0.05, 0) is 20.8 Å². The van der Waals surface area contributed by atoms with E-state index in [1.54, 1.807) is 13.8 Å². The van der Waals surface area contributed by atoms with Gasteiger partial charge in [-0.15, -0.1) is 11.3 Å². The monoisotopic (exact) mass is 313 g/mol. The van der Waals surface area contributed by atoms with Crippen molar-refractivity contribution in [3.63, 3.8) is 0 Å². The van der Waals surface area contributed by atoms with Gasteiger partial charge in [-0.3, -0.25) is 9.59 Å². The average molecular weight is 313 g/mol. The first kappa shape index (κ1) is 17.1. The van der Waals surface area contributed by atoms with Gasteiger partial charge in [-0.1, -0.05) is 0 Å². The molecule has 21 heavy (non-hydrogen) atoms. The molecule has 2 amide bonds. The number of hydrogen-bond acceptors (Lipinski definition) is 6. The van der Waals surface area contributed by atoms with E-state index in [-0.39, 0.29) is 35.7 Å². The van der Waals surface area contributed by atoms with E-state index >= 15 is 0 Å². The minimum Gasteiger partial charge on any atom is -0.461 e. The van der Waals surface area contributed by atoms with Crippen LogP contribution in [0.2, 0.25) is 0 Å². The summed E-state index contributed by atoms with van der Waals surface area (Å²) in [5.74, 6) is -1.16. The third-order valence-electron chi connectivity index (χ3n) is 2.55. The highest BCUT2D eigenvalue weighted by atomic mass is 32.1. The summed E-state index contributed by atoms with van der Waals surface area (Å²) in [5, 5.41) is 4.26. The van der Waals surface area contributed by atoms with Gasteiger partial charge in [-0.25, -0.2) is 9.78 Å². The molecule has 116 valence electrons. The first-order chi connectivity index (χ1) is 10.0. The third kappa shape index (κ3) is 4.82. The third-order valence-corrected chi connectivity index (χ3v) is 3.37. The molecule has 0 aliphatic heterocycles. The fourth-order valence-electron chi connectivity index (χ4n) is 1.57. The summed E-state index contributed by atoms with van der Waals surface area (Å²) >= 11 is 1.05. The topological polar surface area (TPSA) is 88.6 Å². The predicted octanol–water partition coefficient (Wildman–Crippen LogP) is 0.918. The molecule has 0 unspecified atom stereocenters. The van der Waals surface area contributed by atoms with Gasteiger partial charge in [0, 0.05) is 18.5 Å². The van der Waals surface area contributed by atoms with Crippen molar-refractivity contribution in [2.75, 3.05) is 26.2 Å². The first-order valence-corrected chi connectivity index (χ1v) is 7.60. The summed E-state index contributed by atoms with van der Waals surface area (Å²) in [6.07, 6.45) is 0. The molecule has 1 aromatic rings. The van der Waals surface area contributed by atoms with Gasteiger partial charge in [0.05, 0.1) is 13.2 Å². The van der Waals surface area contributed by atoms with Crippen molar-refractivity contribution >= 4 is 29.1 Å². The number of esters is 1. The molecule has 7 nitrogen and oxygen atoms in total. The summed E-state index contributed by atoms with van der Waals surface area (Å²) in [6, 6.07) is 0. The zero-order valence-electron chi connectivity index (χ0n) is 12.3. The van der Waals surface area contributed by atoms with E-state index in [1.807, 2.05) is 6.92 Å². The first-order valence-electron chi connectivity index (χ1n) is 6.72. The quantitative estimate of drug-likeness (QED) is 0.756. The van der Waals surface area contributed by atoms with Gasteiger partial charge in [0.15, 0.2) is 0 Å². The number of rotatable bonds is 7. The Morgan fingerprint density at radius 2 is 2.05 bits per heavy atom. The van der Waals surface area contributed by atoms with E-state index in [1.165, 1.54) is 10.3 Å². The van der Waals surface area contributed by atoms with E-state index in [9.17, 15) is 14.4 Å². The molecule has 1 N–H and O–H groups in total. The number of ether oxygens (including phenoxy) is 1. The van der Waals surface area contributed by atoms with Gasteiger partial charge in [0.25, 0.3) is 5.91 Å². The molecular formula is C13H19N3O4S. The maximum absolute atomic E-state index is 12.2. The Kier molecular flexibility index (Phi) is 6.80. The molecule has 0 aliphatic carbocycles. The van der Waals surface area contributed by atoms with E-state index < -0.39 is 5.97 Å². The van der Waals surface area contributed by atoms with Crippen LogP contribution in [0, 0.1) is 0 Å². The largest absolute Gasteiger partial charge is 0.461 e. The van der Waals surface area contributed by atoms with Crippen molar-refractivity contribution in [2.24, 2.45) is 0 Å². The van der Waals surface area contributed by atoms with Crippen LogP contribution in [0.4, 0.5) is 0 Å². The van der Waals surface area contributed by atoms with Crippen LogP contribution >= 0.6 is 11.3 Å². The summed E-state index contributed by atoms with van der Waals surface area (Å²) in [5.41, 5.74) is 0.147. The molecule has 8 heteroatoms. The number of carbonyl (C=O) groups excluding carboxylic acids is 3. The van der Waals surface area contributed by atoms with Crippen molar-refractivity contribution in [3.05, 3.63) is 16.1 Å². The highest BCUT2D eigenvalue weighted by Gasteiger charge is 2.21. The molecule has 1 rings (SSSR count). The van der Waals surface area contributed by atoms with Gasteiger partial charge in [0.1, 0.15) is 5.69 Å². The van der Waals surface area contributed by atoms with Gasteiger partial charge < -0.3 is 15.0 Å². The maximum atomic E-state index is 12.2. The number of likely N-dealkylation sites (N-methyl/N-ethyl adjacent to an activating group) is 2. The second-order valence-electron chi connectivity index (χ2n) is 4.03. The average Bonchev–Trinajstić information content (AvgIpc) is 2.94. The van der Waals surface area contributed by atoms with Crippen molar-refractivity contribution in [1.82, 2.24) is 15.2 Å². The fraction of sp³-hybridized carbons (Fsp3) is 0.538. The fourth-order valence-corrected chi connectivity index (χ4v) is 2.26. The van der Waals surface area contributed by atoms with Crippen molar-refractivity contribution in [2.45, 2.75) is 20.8 Å². The van der Waals surface area contributed by atoms with Crippen LogP contribution in [-0.2, 0) is 9.53 Å². The Morgan fingerprint density at radius 1 is 1.33 bits per heavy atom. The van der Waals surface area contributed by atoms with Crippen LogP contribution in [0.1, 0.15) is 41.1 Å². The van der Waals surface area contributed by atoms with E-state index in [2.05, 4.69) is 10.3 Å². The van der Waals surface area contributed by atoms with Gasteiger partial charge in [-0.2, -0.15) is 0 Å². The minimum atomic E-state index is -0.548. The zero-order valence-corrected chi connectivity index (χ0v) is 13.2. The molecular weight excluding hydrogens is 294 g/mol. The Hall–Kier alpha value is -1.96. The van der Waals surface area contributed by atoms with Crippen LogP contribution < -0.4 is 5.32 Å². The number of nitrogens with zero attached hydrogens (tertiary/aromatic N) is 2. The molecule has 0 bridgehead atoms. The molecule has 0 spiro atoms. The normalized spacial score (nSPS) is 10.0. The summed E-state index contributed by atoms with van der Waals surface area (Å²) in [4.78, 5) is 40.7. The lowest BCUT2D eigenvalue weighted by atomic mass is 10.3. The van der Waals surface area contributed by atoms with E-state index in [0.29, 0.717) is 13.1 Å². The predicted molar refractivity (Wildman–Crippen MR) is 78.3 cm³/mol. The minimum absolute atomic E-state index is 0.0323. The lowest BCUT2D eigenvalue weighted by Gasteiger charge is -2.18. The van der Waals surface area contributed by atoms with Crippen LogP contribution in [0.5, 0.6) is 0 Å². The SMILES string of the molecule is CCNC(=O)CN(CC)C(=O)c1csc(C(=O)OCC)n1. The van der Waals surface area contributed by atoms with Crippen molar-refractivity contribution in [1.29, 1.82) is 0 Å². The van der Waals surface area contributed by atoms with Crippen LogP contribution in [-0.4, -0.2) is 53.9 Å². The van der Waals surface area contributed by atoms with Crippen LogP contribution in [0.15, 0.2) is 5.38 Å². The van der Waals surface area contributed by atoms with Gasteiger partial charge in [0.2, 0.25) is 10.9 Å². The van der Waals surface area contributed by atoms with Crippen molar-refractivity contribution in [3.8, 4) is 0 Å². The maximum Gasteiger partial charge on any atom is 0.367 e.